The van der Waals surface area contributed by atoms with Gasteiger partial charge in [-0.1, -0.05) is 29.8 Å². The molecule has 108 valence electrons. The lowest BCUT2D eigenvalue weighted by molar-refractivity contribution is -0.0482. The second-order valence-electron chi connectivity index (χ2n) is 6.12. The molecule has 19 heavy (non-hydrogen) atoms. The average Bonchev–Trinajstić information content (AvgIpc) is 2.32. The molecule has 0 spiro atoms. The van der Waals surface area contributed by atoms with Crippen molar-refractivity contribution >= 4 is 0 Å². The monoisotopic (exact) mass is 265 g/mol. The van der Waals surface area contributed by atoms with Crippen molar-refractivity contribution in [3.8, 4) is 0 Å². The van der Waals surface area contributed by atoms with E-state index in [1.807, 2.05) is 20.8 Å². The second kappa shape index (κ2) is 7.04. The highest BCUT2D eigenvalue weighted by molar-refractivity contribution is 5.24. The van der Waals surface area contributed by atoms with Crippen LogP contribution in [-0.4, -0.2) is 30.0 Å². The third-order valence-corrected chi connectivity index (χ3v) is 2.91. The molecule has 0 amide bonds. The Balaban J connectivity index is 2.36. The van der Waals surface area contributed by atoms with Crippen molar-refractivity contribution in [2.24, 2.45) is 0 Å². The molecule has 0 bridgehead atoms. The normalized spacial score (nSPS) is 15.3. The van der Waals surface area contributed by atoms with Crippen LogP contribution in [0.25, 0.3) is 0 Å². The molecule has 0 aromatic heterocycles. The molecule has 1 rings (SSSR count). The molecule has 2 N–H and O–H groups in total. The van der Waals surface area contributed by atoms with Crippen LogP contribution in [0.15, 0.2) is 24.3 Å². The van der Waals surface area contributed by atoms with E-state index in [1.54, 1.807) is 0 Å². The van der Waals surface area contributed by atoms with E-state index in [1.165, 1.54) is 11.1 Å². The zero-order valence-electron chi connectivity index (χ0n) is 12.7. The fraction of sp³-hybridized carbons (Fsp3) is 0.625. The maximum absolute atomic E-state index is 9.88. The summed E-state index contributed by atoms with van der Waals surface area (Å²) in [7, 11) is 0. The van der Waals surface area contributed by atoms with Gasteiger partial charge in [-0.15, -0.1) is 0 Å². The molecule has 0 aliphatic carbocycles. The average molecular weight is 265 g/mol. The molecule has 1 unspecified atom stereocenters. The van der Waals surface area contributed by atoms with Gasteiger partial charge in [-0.05, 0) is 40.2 Å². The summed E-state index contributed by atoms with van der Waals surface area (Å²) >= 11 is 0. The van der Waals surface area contributed by atoms with Gasteiger partial charge in [0.2, 0.25) is 0 Å². The van der Waals surface area contributed by atoms with Gasteiger partial charge in [0.15, 0.2) is 0 Å². The summed E-state index contributed by atoms with van der Waals surface area (Å²) in [5.74, 6) is 0. The summed E-state index contributed by atoms with van der Waals surface area (Å²) < 4.78 is 5.56. The molecular weight excluding hydrogens is 238 g/mol. The lowest BCUT2D eigenvalue weighted by Gasteiger charge is -2.23. The maximum atomic E-state index is 9.88. The first-order chi connectivity index (χ1) is 8.78. The number of rotatable bonds is 6. The second-order valence-corrected chi connectivity index (χ2v) is 6.12. The third-order valence-electron chi connectivity index (χ3n) is 2.91. The van der Waals surface area contributed by atoms with Crippen molar-refractivity contribution in [2.75, 3.05) is 13.2 Å². The Morgan fingerprint density at radius 3 is 2.58 bits per heavy atom. The number of aryl methyl sites for hydroxylation is 1. The minimum absolute atomic E-state index is 0.205. The van der Waals surface area contributed by atoms with E-state index in [-0.39, 0.29) is 11.6 Å². The fourth-order valence-corrected chi connectivity index (χ4v) is 1.78. The smallest absolute Gasteiger partial charge is 0.0898 e. The third kappa shape index (κ3) is 6.71. The molecule has 0 heterocycles. The number of benzene rings is 1. The van der Waals surface area contributed by atoms with Crippen LogP contribution < -0.4 is 5.32 Å². The number of ether oxygens (including phenoxy) is 1. The summed E-state index contributed by atoms with van der Waals surface area (Å²) in [4.78, 5) is 0. The van der Waals surface area contributed by atoms with Gasteiger partial charge in [0.05, 0.1) is 18.3 Å². The van der Waals surface area contributed by atoms with Crippen LogP contribution in [0.4, 0.5) is 0 Å². The zero-order chi connectivity index (χ0) is 14.5. The molecule has 3 heteroatoms. The molecule has 0 fully saturated rings. The Hall–Kier alpha value is -0.900. The molecule has 1 aromatic rings. The highest BCUT2D eigenvalue weighted by Gasteiger charge is 2.14. The van der Waals surface area contributed by atoms with Gasteiger partial charge in [0.25, 0.3) is 0 Å². The molecule has 3 nitrogen and oxygen atoms in total. The number of hydrogen-bond donors (Lipinski definition) is 2. The first-order valence-electron chi connectivity index (χ1n) is 6.90. The molecule has 0 saturated heterocycles. The lowest BCUT2D eigenvalue weighted by Crippen LogP contribution is -2.34. The highest BCUT2D eigenvalue weighted by atomic mass is 16.5. The highest BCUT2D eigenvalue weighted by Crippen LogP contribution is 2.13. The van der Waals surface area contributed by atoms with Crippen molar-refractivity contribution in [3.05, 3.63) is 35.4 Å². The van der Waals surface area contributed by atoms with Gasteiger partial charge in [-0.3, -0.25) is 0 Å². The van der Waals surface area contributed by atoms with Crippen LogP contribution in [0.3, 0.4) is 0 Å². The minimum Gasteiger partial charge on any atom is -0.389 e. The fourth-order valence-electron chi connectivity index (χ4n) is 1.78. The Bertz CT molecular complexity index is 385. The Morgan fingerprint density at radius 1 is 1.32 bits per heavy atom. The predicted molar refractivity (Wildman–Crippen MR) is 79.3 cm³/mol. The lowest BCUT2D eigenvalue weighted by atomic mass is 10.1. The van der Waals surface area contributed by atoms with Crippen molar-refractivity contribution in [1.29, 1.82) is 0 Å². The number of nitrogens with one attached hydrogen (secondary N) is 1. The van der Waals surface area contributed by atoms with E-state index in [4.69, 9.17) is 4.74 Å². The van der Waals surface area contributed by atoms with E-state index in [0.29, 0.717) is 13.2 Å². The standard InChI is InChI=1S/C16H27NO2/c1-12-7-6-8-14(9-12)13(2)17-10-15(18)11-19-16(3,4)5/h6-9,13,15,17-18H,10-11H2,1-5H3/t13-,15?/m1/s1. The van der Waals surface area contributed by atoms with E-state index in [9.17, 15) is 5.11 Å². The van der Waals surface area contributed by atoms with Gasteiger partial charge in [-0.2, -0.15) is 0 Å². The first-order valence-corrected chi connectivity index (χ1v) is 6.90. The quantitative estimate of drug-likeness (QED) is 0.831. The summed E-state index contributed by atoms with van der Waals surface area (Å²) in [5, 5.41) is 13.2. The molecule has 0 aliphatic heterocycles. The van der Waals surface area contributed by atoms with Crippen LogP contribution in [0.2, 0.25) is 0 Å². The van der Waals surface area contributed by atoms with E-state index in [2.05, 4.69) is 43.4 Å². The van der Waals surface area contributed by atoms with Gasteiger partial charge in [0.1, 0.15) is 0 Å². The number of aliphatic hydroxyl groups is 1. The predicted octanol–water partition coefficient (Wildman–Crippen LogP) is 2.82. The zero-order valence-corrected chi connectivity index (χ0v) is 12.7. The molecule has 1 aromatic carbocycles. The van der Waals surface area contributed by atoms with Crippen LogP contribution in [0.5, 0.6) is 0 Å². The van der Waals surface area contributed by atoms with Crippen molar-refractivity contribution in [3.63, 3.8) is 0 Å². The van der Waals surface area contributed by atoms with Crippen LogP contribution in [0, 0.1) is 6.92 Å². The number of hydrogen-bond acceptors (Lipinski definition) is 3. The Kier molecular flexibility index (Phi) is 5.98. The molecule has 0 saturated carbocycles. The molecule has 0 aliphatic rings. The molecule has 0 radical (unpaired) electrons. The SMILES string of the molecule is Cc1cccc([C@@H](C)NCC(O)COC(C)(C)C)c1. The van der Waals surface area contributed by atoms with Crippen LogP contribution in [-0.2, 0) is 4.74 Å². The van der Waals surface area contributed by atoms with Crippen molar-refractivity contribution in [2.45, 2.75) is 52.4 Å². The Labute approximate surface area is 117 Å². The van der Waals surface area contributed by atoms with Crippen molar-refractivity contribution in [1.82, 2.24) is 5.32 Å². The van der Waals surface area contributed by atoms with Crippen molar-refractivity contribution < 1.29 is 9.84 Å². The topological polar surface area (TPSA) is 41.5 Å². The van der Waals surface area contributed by atoms with Gasteiger partial charge >= 0.3 is 0 Å². The number of aliphatic hydroxyl groups excluding tert-OH is 1. The molecular formula is C16H27NO2. The summed E-state index contributed by atoms with van der Waals surface area (Å²) in [5.41, 5.74) is 2.29. The van der Waals surface area contributed by atoms with E-state index in [0.717, 1.165) is 0 Å². The van der Waals surface area contributed by atoms with Gasteiger partial charge < -0.3 is 15.2 Å². The van der Waals surface area contributed by atoms with E-state index < -0.39 is 6.10 Å². The summed E-state index contributed by atoms with van der Waals surface area (Å²) in [6, 6.07) is 8.63. The maximum Gasteiger partial charge on any atom is 0.0898 e. The van der Waals surface area contributed by atoms with Gasteiger partial charge in [0, 0.05) is 12.6 Å². The van der Waals surface area contributed by atoms with E-state index >= 15 is 0 Å². The Morgan fingerprint density at radius 2 is 2.00 bits per heavy atom. The molecule has 2 atom stereocenters. The summed E-state index contributed by atoms with van der Waals surface area (Å²) in [6.07, 6.45) is -0.480. The summed E-state index contributed by atoms with van der Waals surface area (Å²) in [6.45, 7) is 11.0. The largest absolute Gasteiger partial charge is 0.389 e. The van der Waals surface area contributed by atoms with Crippen LogP contribution in [0.1, 0.15) is 44.9 Å². The van der Waals surface area contributed by atoms with Crippen LogP contribution >= 0.6 is 0 Å². The van der Waals surface area contributed by atoms with Gasteiger partial charge in [-0.25, -0.2) is 0 Å². The minimum atomic E-state index is -0.480. The first kappa shape index (κ1) is 16.2.